The normalized spacial score (nSPS) is 11.5. The lowest BCUT2D eigenvalue weighted by Gasteiger charge is -2.26. The first kappa shape index (κ1) is 11.9. The number of rotatable bonds is 5. The summed E-state index contributed by atoms with van der Waals surface area (Å²) in [5.41, 5.74) is 5.86. The molecule has 0 fully saturated rings. The van der Waals surface area contributed by atoms with E-state index < -0.39 is 0 Å². The average molecular weight is 209 g/mol. The van der Waals surface area contributed by atoms with E-state index in [9.17, 15) is 0 Å². The smallest absolute Gasteiger partial charge is 0.216 e. The van der Waals surface area contributed by atoms with Gasteiger partial charge in [0.1, 0.15) is 12.4 Å². The van der Waals surface area contributed by atoms with Crippen molar-refractivity contribution in [3.05, 3.63) is 18.1 Å². The second-order valence-corrected chi connectivity index (χ2v) is 3.80. The van der Waals surface area contributed by atoms with Gasteiger partial charge in [-0.1, -0.05) is 13.8 Å². The predicted octanol–water partition coefficient (Wildman–Crippen LogP) is 1.68. The molecule has 1 heterocycles. The van der Waals surface area contributed by atoms with Gasteiger partial charge in [0.2, 0.25) is 5.88 Å². The van der Waals surface area contributed by atoms with Gasteiger partial charge in [-0.15, -0.1) is 0 Å². The van der Waals surface area contributed by atoms with E-state index in [-0.39, 0.29) is 5.54 Å². The molecule has 0 bridgehead atoms. The maximum atomic E-state index is 6.11. The number of aryl methyl sites for hydroxylation is 1. The van der Waals surface area contributed by atoms with Crippen LogP contribution in [0.25, 0.3) is 0 Å². The number of hydrogen-bond donors (Lipinski definition) is 1. The first-order valence-corrected chi connectivity index (χ1v) is 5.31. The number of hydrogen-bond acceptors (Lipinski definition) is 4. The molecule has 4 heteroatoms. The van der Waals surface area contributed by atoms with Crippen LogP contribution in [-0.2, 0) is 0 Å². The molecule has 0 aromatic carbocycles. The molecule has 1 aromatic heterocycles. The van der Waals surface area contributed by atoms with E-state index in [1.807, 2.05) is 6.92 Å². The lowest BCUT2D eigenvalue weighted by atomic mass is 9.96. The van der Waals surface area contributed by atoms with Gasteiger partial charge in [-0.2, -0.15) is 4.98 Å². The van der Waals surface area contributed by atoms with Crippen molar-refractivity contribution < 1.29 is 4.74 Å². The van der Waals surface area contributed by atoms with Crippen molar-refractivity contribution in [3.8, 4) is 5.88 Å². The summed E-state index contributed by atoms with van der Waals surface area (Å²) in [5.74, 6) is 1.31. The standard InChI is InChI=1S/C11H19N3O/c1-4-11(12,5-2)8-15-10-6-7-13-9(3)14-10/h6-7H,4-5,8,12H2,1-3H3. The lowest BCUT2D eigenvalue weighted by molar-refractivity contribution is 0.200. The monoisotopic (exact) mass is 209 g/mol. The molecular formula is C11H19N3O. The van der Waals surface area contributed by atoms with Crippen LogP contribution < -0.4 is 10.5 Å². The van der Waals surface area contributed by atoms with E-state index in [1.54, 1.807) is 12.3 Å². The number of nitrogens with zero attached hydrogens (tertiary/aromatic N) is 2. The topological polar surface area (TPSA) is 61.0 Å². The number of aromatic nitrogens is 2. The van der Waals surface area contributed by atoms with E-state index in [0.29, 0.717) is 18.3 Å². The van der Waals surface area contributed by atoms with Crippen molar-refractivity contribution >= 4 is 0 Å². The summed E-state index contributed by atoms with van der Waals surface area (Å²) in [7, 11) is 0. The zero-order chi connectivity index (χ0) is 11.3. The molecule has 0 radical (unpaired) electrons. The molecule has 0 atom stereocenters. The SMILES string of the molecule is CCC(N)(CC)COc1ccnc(C)n1. The zero-order valence-corrected chi connectivity index (χ0v) is 9.66. The third-order valence-corrected chi connectivity index (χ3v) is 2.67. The molecule has 0 aliphatic rings. The number of ether oxygens (including phenoxy) is 1. The molecule has 15 heavy (non-hydrogen) atoms. The molecule has 1 rings (SSSR count). The summed E-state index contributed by atoms with van der Waals surface area (Å²) in [4.78, 5) is 8.16. The van der Waals surface area contributed by atoms with Crippen LogP contribution in [0.4, 0.5) is 0 Å². The minimum Gasteiger partial charge on any atom is -0.476 e. The summed E-state index contributed by atoms with van der Waals surface area (Å²) in [6.45, 7) is 6.47. The van der Waals surface area contributed by atoms with Crippen LogP contribution in [0.1, 0.15) is 32.5 Å². The van der Waals surface area contributed by atoms with E-state index in [4.69, 9.17) is 10.5 Å². The summed E-state index contributed by atoms with van der Waals surface area (Å²) in [6.07, 6.45) is 3.48. The van der Waals surface area contributed by atoms with Gasteiger partial charge in [0.15, 0.2) is 0 Å². The summed E-state index contributed by atoms with van der Waals surface area (Å²) < 4.78 is 5.56. The molecule has 2 N–H and O–H groups in total. The van der Waals surface area contributed by atoms with Crippen LogP contribution in [0.15, 0.2) is 12.3 Å². The molecular weight excluding hydrogens is 190 g/mol. The highest BCUT2D eigenvalue weighted by Gasteiger charge is 2.21. The zero-order valence-electron chi connectivity index (χ0n) is 9.66. The van der Waals surface area contributed by atoms with Crippen LogP contribution in [-0.4, -0.2) is 22.1 Å². The van der Waals surface area contributed by atoms with E-state index in [1.165, 1.54) is 0 Å². The van der Waals surface area contributed by atoms with Crippen LogP contribution >= 0.6 is 0 Å². The van der Waals surface area contributed by atoms with Gasteiger partial charge < -0.3 is 10.5 Å². The highest BCUT2D eigenvalue weighted by Crippen LogP contribution is 2.13. The minimum absolute atomic E-state index is 0.251. The summed E-state index contributed by atoms with van der Waals surface area (Å²) in [5, 5.41) is 0. The molecule has 4 nitrogen and oxygen atoms in total. The van der Waals surface area contributed by atoms with Crippen molar-refractivity contribution in [3.63, 3.8) is 0 Å². The second kappa shape index (κ2) is 5.07. The Hall–Kier alpha value is -1.16. The Kier molecular flexibility index (Phi) is 4.03. The van der Waals surface area contributed by atoms with Crippen molar-refractivity contribution in [2.45, 2.75) is 39.2 Å². The number of nitrogens with two attached hydrogens (primary N) is 1. The minimum atomic E-state index is -0.251. The third-order valence-electron chi connectivity index (χ3n) is 2.67. The first-order valence-electron chi connectivity index (χ1n) is 5.31. The fraction of sp³-hybridized carbons (Fsp3) is 0.636. The molecule has 1 aromatic rings. The van der Waals surface area contributed by atoms with Gasteiger partial charge in [-0.3, -0.25) is 0 Å². The van der Waals surface area contributed by atoms with Crippen LogP contribution in [0, 0.1) is 6.92 Å². The largest absolute Gasteiger partial charge is 0.476 e. The molecule has 0 unspecified atom stereocenters. The Morgan fingerprint density at radius 2 is 2.07 bits per heavy atom. The van der Waals surface area contributed by atoms with Gasteiger partial charge in [0.05, 0.1) is 0 Å². The van der Waals surface area contributed by atoms with E-state index in [2.05, 4.69) is 23.8 Å². The van der Waals surface area contributed by atoms with E-state index in [0.717, 1.165) is 12.8 Å². The molecule has 0 aliphatic carbocycles. The maximum Gasteiger partial charge on any atom is 0.216 e. The van der Waals surface area contributed by atoms with Gasteiger partial charge in [-0.25, -0.2) is 4.98 Å². The van der Waals surface area contributed by atoms with Crippen molar-refractivity contribution in [2.24, 2.45) is 5.73 Å². The second-order valence-electron chi connectivity index (χ2n) is 3.80. The molecule has 0 saturated carbocycles. The molecule has 0 spiro atoms. The third kappa shape index (κ3) is 3.47. The Morgan fingerprint density at radius 1 is 1.40 bits per heavy atom. The van der Waals surface area contributed by atoms with Gasteiger partial charge >= 0.3 is 0 Å². The molecule has 84 valence electrons. The highest BCUT2D eigenvalue weighted by atomic mass is 16.5. The summed E-state index contributed by atoms with van der Waals surface area (Å²) >= 11 is 0. The Morgan fingerprint density at radius 3 is 2.60 bits per heavy atom. The lowest BCUT2D eigenvalue weighted by Crippen LogP contribution is -2.44. The van der Waals surface area contributed by atoms with Gasteiger partial charge in [0, 0.05) is 17.8 Å². The van der Waals surface area contributed by atoms with Crippen molar-refractivity contribution in [1.82, 2.24) is 9.97 Å². The summed E-state index contributed by atoms with van der Waals surface area (Å²) in [6, 6.07) is 1.75. The van der Waals surface area contributed by atoms with Crippen LogP contribution in [0.5, 0.6) is 5.88 Å². The molecule has 0 aliphatic heterocycles. The van der Waals surface area contributed by atoms with E-state index >= 15 is 0 Å². The highest BCUT2D eigenvalue weighted by molar-refractivity contribution is 5.08. The Bertz CT molecular complexity index is 310. The van der Waals surface area contributed by atoms with Crippen molar-refractivity contribution in [2.75, 3.05) is 6.61 Å². The molecule has 0 saturated heterocycles. The van der Waals surface area contributed by atoms with Gasteiger partial charge in [0.25, 0.3) is 0 Å². The predicted molar refractivity (Wildman–Crippen MR) is 59.8 cm³/mol. The Labute approximate surface area is 90.9 Å². The molecule has 0 amide bonds. The Balaban J connectivity index is 2.56. The van der Waals surface area contributed by atoms with Crippen molar-refractivity contribution in [1.29, 1.82) is 0 Å². The fourth-order valence-corrected chi connectivity index (χ4v) is 1.19. The maximum absolute atomic E-state index is 6.11. The van der Waals surface area contributed by atoms with Gasteiger partial charge in [-0.05, 0) is 19.8 Å². The average Bonchev–Trinajstić information content (AvgIpc) is 2.26. The quantitative estimate of drug-likeness (QED) is 0.801. The fourth-order valence-electron chi connectivity index (χ4n) is 1.19. The first-order chi connectivity index (χ1) is 7.09. The van der Waals surface area contributed by atoms with Crippen LogP contribution in [0.2, 0.25) is 0 Å². The van der Waals surface area contributed by atoms with Crippen LogP contribution in [0.3, 0.4) is 0 Å².